The Morgan fingerprint density at radius 2 is 1.46 bits per heavy atom. The third-order valence-electron chi connectivity index (χ3n) is 8.33. The van der Waals surface area contributed by atoms with E-state index in [1.165, 1.54) is 4.90 Å². The quantitative estimate of drug-likeness (QED) is 0.135. The van der Waals surface area contributed by atoms with E-state index in [1.54, 1.807) is 42.2 Å². The molecule has 230 valence electrons. The fourth-order valence-electron chi connectivity index (χ4n) is 5.88. The maximum absolute atomic E-state index is 12.9. The van der Waals surface area contributed by atoms with Crippen LogP contribution in [0.25, 0.3) is 11.1 Å². The van der Waals surface area contributed by atoms with Gasteiger partial charge in [0.15, 0.2) is 6.29 Å². The lowest BCUT2D eigenvalue weighted by Gasteiger charge is -2.36. The molecule has 1 saturated heterocycles. The van der Waals surface area contributed by atoms with Crippen molar-refractivity contribution in [2.24, 2.45) is 0 Å². The number of hydrogen-bond donors (Lipinski definition) is 1. The van der Waals surface area contributed by atoms with Gasteiger partial charge in [-0.3, -0.25) is 14.5 Å². The molecule has 0 bridgehead atoms. The molecule has 3 unspecified atom stereocenters. The van der Waals surface area contributed by atoms with Crippen molar-refractivity contribution in [1.82, 2.24) is 9.88 Å². The topological polar surface area (TPSA) is 89.0 Å². The first kappa shape index (κ1) is 30.1. The number of fused-ring (bicyclic) bond motifs is 1. The number of aromatic nitrogens is 1. The zero-order valence-electron chi connectivity index (χ0n) is 25.0. The number of thioether (sulfide) groups is 1. The van der Waals surface area contributed by atoms with Crippen LogP contribution in [0.2, 0.25) is 0 Å². The van der Waals surface area contributed by atoms with E-state index in [0.717, 1.165) is 44.2 Å². The average molecular weight is 629 g/mol. The minimum absolute atomic E-state index is 0.00109. The number of pyridine rings is 1. The third kappa shape index (κ3) is 6.38. The molecule has 3 atom stereocenters. The lowest BCUT2D eigenvalue weighted by atomic mass is 9.99. The zero-order chi connectivity index (χ0) is 31.5. The fraction of sp³-hybridized carbons (Fsp3) is 0.184. The highest BCUT2D eigenvalue weighted by Gasteiger charge is 2.35. The number of aliphatic hydroxyl groups is 1. The Morgan fingerprint density at radius 1 is 0.739 bits per heavy atom. The van der Waals surface area contributed by atoms with Crippen LogP contribution in [-0.4, -0.2) is 38.7 Å². The summed E-state index contributed by atoms with van der Waals surface area (Å²) in [5.41, 5.74) is 6.58. The minimum Gasteiger partial charge on any atom is -0.392 e. The molecule has 3 heterocycles. The molecule has 7 nitrogen and oxygen atoms in total. The van der Waals surface area contributed by atoms with Gasteiger partial charge in [-0.15, -0.1) is 11.8 Å². The SMILES string of the molecule is O=C1c2ccccc2C(=O)N1Cc1cccc(-c2ccc(C3OC(CSc4ccccn4)CC(c4ccc(CO)cc4)O3)cc2)c1. The van der Waals surface area contributed by atoms with Gasteiger partial charge in [-0.05, 0) is 58.1 Å². The molecule has 2 aliphatic rings. The summed E-state index contributed by atoms with van der Waals surface area (Å²) < 4.78 is 13.0. The molecule has 46 heavy (non-hydrogen) atoms. The molecule has 4 aromatic carbocycles. The normalized spacial score (nSPS) is 19.3. The Bertz CT molecular complexity index is 1810. The van der Waals surface area contributed by atoms with E-state index >= 15 is 0 Å². The van der Waals surface area contributed by atoms with Gasteiger partial charge >= 0.3 is 0 Å². The number of carbonyl (C=O) groups is 2. The number of amides is 2. The van der Waals surface area contributed by atoms with E-state index in [0.29, 0.717) is 17.5 Å². The molecule has 0 radical (unpaired) electrons. The Hall–Kier alpha value is -4.60. The van der Waals surface area contributed by atoms with Crippen molar-refractivity contribution in [2.75, 3.05) is 5.75 Å². The minimum atomic E-state index is -0.556. The van der Waals surface area contributed by atoms with Gasteiger partial charge in [0.2, 0.25) is 0 Å². The van der Waals surface area contributed by atoms with Crippen LogP contribution in [0.5, 0.6) is 0 Å². The highest BCUT2D eigenvalue weighted by molar-refractivity contribution is 7.99. The van der Waals surface area contributed by atoms with Crippen LogP contribution >= 0.6 is 11.8 Å². The molecule has 2 amide bonds. The van der Waals surface area contributed by atoms with Crippen molar-refractivity contribution in [1.29, 1.82) is 0 Å². The van der Waals surface area contributed by atoms with Crippen molar-refractivity contribution < 1.29 is 24.2 Å². The van der Waals surface area contributed by atoms with Crippen molar-refractivity contribution >= 4 is 23.6 Å². The van der Waals surface area contributed by atoms with Gasteiger partial charge in [-0.1, -0.05) is 84.9 Å². The third-order valence-corrected chi connectivity index (χ3v) is 9.41. The smallest absolute Gasteiger partial charge is 0.261 e. The molecule has 1 fully saturated rings. The molecule has 0 spiro atoms. The molecule has 5 aromatic rings. The van der Waals surface area contributed by atoms with Gasteiger partial charge in [-0.25, -0.2) is 4.98 Å². The van der Waals surface area contributed by atoms with Gasteiger partial charge in [0.25, 0.3) is 11.8 Å². The molecule has 2 aliphatic heterocycles. The van der Waals surface area contributed by atoms with Crippen LogP contribution in [0.1, 0.15) is 61.8 Å². The van der Waals surface area contributed by atoms with E-state index in [4.69, 9.17) is 9.47 Å². The highest BCUT2D eigenvalue weighted by Crippen LogP contribution is 2.40. The Labute approximate surface area is 271 Å². The zero-order valence-corrected chi connectivity index (χ0v) is 25.8. The lowest BCUT2D eigenvalue weighted by Crippen LogP contribution is -2.31. The number of imide groups is 1. The van der Waals surface area contributed by atoms with Crippen LogP contribution in [0.3, 0.4) is 0 Å². The molecule has 8 heteroatoms. The number of rotatable bonds is 9. The van der Waals surface area contributed by atoms with E-state index in [2.05, 4.69) is 4.98 Å². The summed E-state index contributed by atoms with van der Waals surface area (Å²) in [6, 6.07) is 36.8. The first-order valence-corrected chi connectivity index (χ1v) is 16.2. The molecule has 1 N–H and O–H groups in total. The van der Waals surface area contributed by atoms with E-state index in [-0.39, 0.29) is 37.2 Å². The van der Waals surface area contributed by atoms with Crippen molar-refractivity contribution in [3.05, 3.63) is 155 Å². The first-order chi connectivity index (χ1) is 22.6. The first-order valence-electron chi connectivity index (χ1n) is 15.2. The molecule has 0 aliphatic carbocycles. The van der Waals surface area contributed by atoms with Crippen LogP contribution in [0.15, 0.2) is 126 Å². The summed E-state index contributed by atoms with van der Waals surface area (Å²) in [5, 5.41) is 10.5. The molecule has 7 rings (SSSR count). The number of ether oxygens (including phenoxy) is 2. The number of carbonyl (C=O) groups excluding carboxylic acids is 2. The predicted octanol–water partition coefficient (Wildman–Crippen LogP) is 7.37. The maximum Gasteiger partial charge on any atom is 0.261 e. The number of benzene rings is 4. The predicted molar refractivity (Wildman–Crippen MR) is 176 cm³/mol. The molecule has 0 saturated carbocycles. The Balaban J connectivity index is 1.08. The summed E-state index contributed by atoms with van der Waals surface area (Å²) in [7, 11) is 0. The highest BCUT2D eigenvalue weighted by atomic mass is 32.2. The van der Waals surface area contributed by atoms with Crippen LogP contribution < -0.4 is 0 Å². The van der Waals surface area contributed by atoms with Gasteiger partial charge in [0, 0.05) is 23.9 Å². The van der Waals surface area contributed by atoms with Crippen molar-refractivity contribution in [2.45, 2.75) is 43.1 Å². The molecular formula is C38H32N2O5S. The van der Waals surface area contributed by atoms with E-state index in [1.807, 2.05) is 91.0 Å². The maximum atomic E-state index is 12.9. The van der Waals surface area contributed by atoms with E-state index < -0.39 is 6.29 Å². The Morgan fingerprint density at radius 3 is 2.15 bits per heavy atom. The largest absolute Gasteiger partial charge is 0.392 e. The monoisotopic (exact) mass is 628 g/mol. The number of hydrogen-bond acceptors (Lipinski definition) is 7. The van der Waals surface area contributed by atoms with Gasteiger partial charge in [0.1, 0.15) is 0 Å². The van der Waals surface area contributed by atoms with Gasteiger partial charge in [-0.2, -0.15) is 0 Å². The fourth-order valence-corrected chi connectivity index (χ4v) is 6.76. The second kappa shape index (κ2) is 13.4. The summed E-state index contributed by atoms with van der Waals surface area (Å²) in [6.45, 7) is 0.208. The van der Waals surface area contributed by atoms with Crippen LogP contribution in [-0.2, 0) is 22.6 Å². The molecule has 1 aromatic heterocycles. The second-order valence-electron chi connectivity index (χ2n) is 11.4. The lowest BCUT2D eigenvalue weighted by molar-refractivity contribution is -0.245. The Kier molecular flexibility index (Phi) is 8.76. The summed E-state index contributed by atoms with van der Waals surface area (Å²) in [5.74, 6) is 0.213. The van der Waals surface area contributed by atoms with Crippen LogP contribution in [0, 0.1) is 0 Å². The van der Waals surface area contributed by atoms with Gasteiger partial charge in [0.05, 0.1) is 41.5 Å². The molecular weight excluding hydrogens is 596 g/mol. The number of nitrogens with zero attached hydrogens (tertiary/aromatic N) is 2. The van der Waals surface area contributed by atoms with Crippen molar-refractivity contribution in [3.63, 3.8) is 0 Å². The van der Waals surface area contributed by atoms with E-state index in [9.17, 15) is 14.7 Å². The van der Waals surface area contributed by atoms with Crippen molar-refractivity contribution in [3.8, 4) is 11.1 Å². The average Bonchev–Trinajstić information content (AvgIpc) is 3.36. The van der Waals surface area contributed by atoms with Gasteiger partial charge < -0.3 is 14.6 Å². The standard InChI is InChI=1S/C38H32N2O5S/c41-23-25-11-13-28(14-12-25)34-21-31(24-46-35-10-3-4-19-39-35)44-38(45-34)29-17-15-27(16-18-29)30-7-5-6-26(20-30)22-40-36(42)32-8-1-2-9-33(32)37(40)43/h1-20,31,34,38,41H,21-24H2. The summed E-state index contributed by atoms with van der Waals surface area (Å²) in [6.07, 6.45) is 1.71. The summed E-state index contributed by atoms with van der Waals surface area (Å²) in [4.78, 5) is 31.5. The van der Waals surface area contributed by atoms with Crippen LogP contribution in [0.4, 0.5) is 0 Å². The number of aliphatic hydroxyl groups excluding tert-OH is 1. The summed E-state index contributed by atoms with van der Waals surface area (Å²) >= 11 is 1.67. The second-order valence-corrected chi connectivity index (χ2v) is 12.4.